The molecule has 98 valence electrons. The molecule has 19 heavy (non-hydrogen) atoms. The Morgan fingerprint density at radius 1 is 1.00 bits per heavy atom. The number of thiocarbonyl (C=S) groups is 1. The van der Waals surface area contributed by atoms with Gasteiger partial charge in [0.15, 0.2) is 5.11 Å². The van der Waals surface area contributed by atoms with Crippen LogP contribution in [-0.4, -0.2) is 11.7 Å². The lowest BCUT2D eigenvalue weighted by atomic mass is 10.1. The summed E-state index contributed by atoms with van der Waals surface area (Å²) >= 11 is 7.58. The van der Waals surface area contributed by atoms with Crippen molar-refractivity contribution < 1.29 is 0 Å². The number of benzene rings is 2. The van der Waals surface area contributed by atoms with Crippen molar-refractivity contribution in [3.63, 3.8) is 0 Å². The van der Waals surface area contributed by atoms with Crippen molar-refractivity contribution in [3.05, 3.63) is 63.7 Å². The van der Waals surface area contributed by atoms with E-state index in [1.54, 1.807) is 0 Å². The summed E-state index contributed by atoms with van der Waals surface area (Å²) in [6.07, 6.45) is 0.967. The monoisotopic (exact) mass is 382 g/mol. The minimum atomic E-state index is 0.667. The van der Waals surface area contributed by atoms with Gasteiger partial charge in [0.2, 0.25) is 0 Å². The lowest BCUT2D eigenvalue weighted by Gasteiger charge is -2.11. The normalized spacial score (nSPS) is 9.95. The molecule has 0 radical (unpaired) electrons. The molecule has 0 fully saturated rings. The first-order valence-corrected chi connectivity index (χ1v) is 7.58. The summed E-state index contributed by atoms with van der Waals surface area (Å²) in [5, 5.41) is 7.10. The van der Waals surface area contributed by atoms with Gasteiger partial charge in [-0.05, 0) is 58.9 Å². The summed E-state index contributed by atoms with van der Waals surface area (Å²) in [5.41, 5.74) is 2.35. The molecule has 2 N–H and O–H groups in total. The van der Waals surface area contributed by atoms with E-state index in [1.807, 2.05) is 24.3 Å². The van der Waals surface area contributed by atoms with Crippen LogP contribution in [0.4, 0.5) is 5.69 Å². The first-order valence-electron chi connectivity index (χ1n) is 6.09. The maximum absolute atomic E-state index is 5.29. The Labute approximate surface area is 132 Å². The number of anilines is 1. The molecule has 0 aliphatic carbocycles. The summed E-state index contributed by atoms with van der Waals surface area (Å²) < 4.78 is 1.16. The summed E-state index contributed by atoms with van der Waals surface area (Å²) in [6, 6.07) is 18.5. The van der Waals surface area contributed by atoms with Gasteiger partial charge in [0.1, 0.15) is 0 Å². The fraction of sp³-hybridized carbons (Fsp3) is 0.133. The topological polar surface area (TPSA) is 24.1 Å². The van der Waals surface area contributed by atoms with E-state index in [2.05, 4.69) is 63.6 Å². The van der Waals surface area contributed by atoms with Crippen LogP contribution in [-0.2, 0) is 6.42 Å². The van der Waals surface area contributed by atoms with Crippen LogP contribution in [0.5, 0.6) is 0 Å². The largest absolute Gasteiger partial charge is 0.362 e. The molecule has 0 amide bonds. The highest BCUT2D eigenvalue weighted by atomic mass is 127. The zero-order valence-electron chi connectivity index (χ0n) is 10.4. The van der Waals surface area contributed by atoms with Crippen molar-refractivity contribution in [1.29, 1.82) is 0 Å². The van der Waals surface area contributed by atoms with Crippen LogP contribution in [0, 0.1) is 3.57 Å². The van der Waals surface area contributed by atoms with Crippen molar-refractivity contribution in [2.45, 2.75) is 6.42 Å². The van der Waals surface area contributed by atoms with Crippen molar-refractivity contribution in [3.8, 4) is 0 Å². The van der Waals surface area contributed by atoms with Gasteiger partial charge in [-0.3, -0.25) is 0 Å². The average molecular weight is 382 g/mol. The fourth-order valence-corrected chi connectivity index (χ4v) is 2.43. The molecule has 0 saturated carbocycles. The molecule has 4 heteroatoms. The number of rotatable bonds is 4. The standard InChI is InChI=1S/C15H15IN2S/c16-13-8-4-5-9-14(13)18-15(19)17-11-10-12-6-2-1-3-7-12/h1-9H,10-11H2,(H2,17,18,19). The lowest BCUT2D eigenvalue weighted by molar-refractivity contribution is 0.873. The zero-order valence-corrected chi connectivity index (χ0v) is 13.4. The van der Waals surface area contributed by atoms with E-state index < -0.39 is 0 Å². The number of hydrogen-bond donors (Lipinski definition) is 2. The first-order chi connectivity index (χ1) is 9.25. The van der Waals surface area contributed by atoms with E-state index in [0.29, 0.717) is 5.11 Å². The molecule has 2 nitrogen and oxygen atoms in total. The third-order valence-electron chi connectivity index (χ3n) is 2.66. The van der Waals surface area contributed by atoms with E-state index in [4.69, 9.17) is 12.2 Å². The highest BCUT2D eigenvalue weighted by Crippen LogP contribution is 2.16. The molecule has 0 saturated heterocycles. The summed E-state index contributed by atoms with van der Waals surface area (Å²) in [6.45, 7) is 0.833. The highest BCUT2D eigenvalue weighted by molar-refractivity contribution is 14.1. The number of para-hydroxylation sites is 1. The quantitative estimate of drug-likeness (QED) is 0.621. The van der Waals surface area contributed by atoms with Gasteiger partial charge in [0.05, 0.1) is 5.69 Å². The van der Waals surface area contributed by atoms with Crippen LogP contribution in [0.25, 0.3) is 0 Å². The van der Waals surface area contributed by atoms with Crippen LogP contribution in [0.2, 0.25) is 0 Å². The van der Waals surface area contributed by atoms with Crippen molar-refractivity contribution >= 4 is 45.6 Å². The maximum Gasteiger partial charge on any atom is 0.170 e. The van der Waals surface area contributed by atoms with E-state index >= 15 is 0 Å². The molecule has 0 spiro atoms. The number of halogens is 1. The number of hydrogen-bond acceptors (Lipinski definition) is 1. The lowest BCUT2D eigenvalue weighted by Crippen LogP contribution is -2.30. The van der Waals surface area contributed by atoms with Crippen LogP contribution < -0.4 is 10.6 Å². The molecule has 0 aromatic heterocycles. The highest BCUT2D eigenvalue weighted by Gasteiger charge is 2.00. The smallest absolute Gasteiger partial charge is 0.170 e. The van der Waals surface area contributed by atoms with Crippen LogP contribution >= 0.6 is 34.8 Å². The minimum absolute atomic E-state index is 0.667. The van der Waals surface area contributed by atoms with Crippen molar-refractivity contribution in [2.24, 2.45) is 0 Å². The van der Waals surface area contributed by atoms with E-state index in [0.717, 1.165) is 22.2 Å². The van der Waals surface area contributed by atoms with Crippen LogP contribution in [0.3, 0.4) is 0 Å². The fourth-order valence-electron chi connectivity index (χ4n) is 1.69. The van der Waals surface area contributed by atoms with Crippen LogP contribution in [0.15, 0.2) is 54.6 Å². The van der Waals surface area contributed by atoms with E-state index in [9.17, 15) is 0 Å². The Bertz CT molecular complexity index is 543. The molecule has 2 aromatic rings. The molecule has 0 aliphatic heterocycles. The molecule has 2 aromatic carbocycles. The van der Waals surface area contributed by atoms with Gasteiger partial charge in [-0.25, -0.2) is 0 Å². The van der Waals surface area contributed by atoms with E-state index in [-0.39, 0.29) is 0 Å². The molecule has 0 unspecified atom stereocenters. The van der Waals surface area contributed by atoms with Crippen LogP contribution in [0.1, 0.15) is 5.56 Å². The second kappa shape index (κ2) is 7.45. The van der Waals surface area contributed by atoms with Crippen molar-refractivity contribution in [1.82, 2.24) is 5.32 Å². The third-order valence-corrected chi connectivity index (χ3v) is 3.85. The van der Waals surface area contributed by atoms with Gasteiger partial charge in [-0.1, -0.05) is 42.5 Å². The maximum atomic E-state index is 5.29. The summed E-state index contributed by atoms with van der Waals surface area (Å²) in [5.74, 6) is 0. The van der Waals surface area contributed by atoms with Gasteiger partial charge in [0, 0.05) is 10.1 Å². The Hall–Kier alpha value is -1.14. The van der Waals surface area contributed by atoms with Gasteiger partial charge in [0.25, 0.3) is 0 Å². The molecule has 2 rings (SSSR count). The predicted octanol–water partition coefficient (Wildman–Crippen LogP) is 3.82. The Morgan fingerprint density at radius 3 is 2.42 bits per heavy atom. The molecular formula is C15H15IN2S. The number of nitrogens with one attached hydrogen (secondary N) is 2. The second-order valence-corrected chi connectivity index (χ2v) is 5.67. The Balaban J connectivity index is 1.78. The minimum Gasteiger partial charge on any atom is -0.362 e. The zero-order chi connectivity index (χ0) is 13.5. The average Bonchev–Trinajstić information content (AvgIpc) is 2.43. The van der Waals surface area contributed by atoms with Gasteiger partial charge < -0.3 is 10.6 Å². The van der Waals surface area contributed by atoms with Crippen molar-refractivity contribution in [2.75, 3.05) is 11.9 Å². The molecule has 0 heterocycles. The summed E-state index contributed by atoms with van der Waals surface area (Å²) in [7, 11) is 0. The second-order valence-electron chi connectivity index (χ2n) is 4.10. The first kappa shape index (κ1) is 14.3. The third kappa shape index (κ3) is 4.80. The predicted molar refractivity (Wildman–Crippen MR) is 93.5 cm³/mol. The Morgan fingerprint density at radius 2 is 1.68 bits per heavy atom. The Kier molecular flexibility index (Phi) is 5.60. The molecule has 0 bridgehead atoms. The van der Waals surface area contributed by atoms with E-state index in [1.165, 1.54) is 5.56 Å². The molecule has 0 atom stereocenters. The van der Waals surface area contributed by atoms with Gasteiger partial charge in [-0.2, -0.15) is 0 Å². The molecular weight excluding hydrogens is 367 g/mol. The summed E-state index contributed by atoms with van der Waals surface area (Å²) in [4.78, 5) is 0. The van der Waals surface area contributed by atoms with Gasteiger partial charge in [-0.15, -0.1) is 0 Å². The van der Waals surface area contributed by atoms with Gasteiger partial charge >= 0.3 is 0 Å². The molecule has 0 aliphatic rings. The SMILES string of the molecule is S=C(NCCc1ccccc1)Nc1ccccc1I.